The lowest BCUT2D eigenvalue weighted by Crippen LogP contribution is -2.45. The minimum absolute atomic E-state index is 0.112. The first-order valence-corrected chi connectivity index (χ1v) is 6.55. The molecule has 1 aliphatic heterocycles. The highest BCUT2D eigenvalue weighted by Gasteiger charge is 2.33. The molecule has 0 aliphatic carbocycles. The Morgan fingerprint density at radius 3 is 2.74 bits per heavy atom. The molecule has 2 atom stereocenters. The van der Waals surface area contributed by atoms with Gasteiger partial charge >= 0.3 is 6.09 Å². The molecule has 19 heavy (non-hydrogen) atoms. The molecule has 0 unspecified atom stereocenters. The average Bonchev–Trinajstić information content (AvgIpc) is 2.65. The van der Waals surface area contributed by atoms with Gasteiger partial charge in [-0.3, -0.25) is 0 Å². The van der Waals surface area contributed by atoms with Gasteiger partial charge in [0.2, 0.25) is 0 Å². The quantitative estimate of drug-likeness (QED) is 0.581. The maximum atomic E-state index is 11.5. The summed E-state index contributed by atoms with van der Waals surface area (Å²) in [6.45, 7) is 5.93. The number of carbonyl (C=O) groups excluding carboxylic acids is 2. The molecule has 2 N–H and O–H groups in total. The van der Waals surface area contributed by atoms with Gasteiger partial charge in [-0.25, -0.2) is 4.79 Å². The van der Waals surface area contributed by atoms with E-state index in [1.807, 2.05) is 0 Å². The van der Waals surface area contributed by atoms with E-state index < -0.39 is 23.8 Å². The van der Waals surface area contributed by atoms with Crippen LogP contribution >= 0.6 is 12.2 Å². The Labute approximate surface area is 118 Å². The van der Waals surface area contributed by atoms with Crippen LogP contribution in [0.15, 0.2) is 0 Å². The fourth-order valence-corrected chi connectivity index (χ4v) is 2.10. The van der Waals surface area contributed by atoms with Crippen LogP contribution in [0, 0.1) is 0 Å². The van der Waals surface area contributed by atoms with E-state index in [4.69, 9.17) is 17.0 Å². The minimum Gasteiger partial charge on any atom is -0.444 e. The largest absolute Gasteiger partial charge is 0.444 e. The van der Waals surface area contributed by atoms with Gasteiger partial charge in [0.25, 0.3) is 0 Å². The number of hydrogen-bond donors (Lipinski definition) is 2. The van der Waals surface area contributed by atoms with E-state index in [1.165, 1.54) is 0 Å². The lowest BCUT2D eigenvalue weighted by Gasteiger charge is -2.25. The number of hydrogen-bond acceptors (Lipinski definition) is 5. The lowest BCUT2D eigenvalue weighted by atomic mass is 10.2. The van der Waals surface area contributed by atoms with Gasteiger partial charge in [-0.1, -0.05) is 12.2 Å². The standard InChI is InChI=1S/C12H20N2O4S/c1-12(2,3)18-11(17)13-6-10(19)14-5-4-9(16)8(14)7-15/h7-9,16H,4-6H2,1-3H3,(H,13,17)/t8-,9-/m1/s1. The Hall–Kier alpha value is -1.21. The molecule has 1 fully saturated rings. The number of nitrogens with one attached hydrogen (secondary N) is 1. The minimum atomic E-state index is -0.697. The van der Waals surface area contributed by atoms with E-state index in [1.54, 1.807) is 25.7 Å². The summed E-state index contributed by atoms with van der Waals surface area (Å²) in [6, 6.07) is -0.618. The first kappa shape index (κ1) is 15.8. The summed E-state index contributed by atoms with van der Waals surface area (Å²) in [7, 11) is 0. The van der Waals surface area contributed by atoms with Crippen LogP contribution in [0.5, 0.6) is 0 Å². The Bertz CT molecular complexity index is 367. The fraction of sp³-hybridized carbons (Fsp3) is 0.750. The molecule has 6 nitrogen and oxygen atoms in total. The zero-order valence-corrected chi connectivity index (χ0v) is 12.2. The molecule has 0 aromatic carbocycles. The highest BCUT2D eigenvalue weighted by Crippen LogP contribution is 2.17. The fourth-order valence-electron chi connectivity index (χ4n) is 1.82. The van der Waals surface area contributed by atoms with Crippen molar-refractivity contribution in [3.63, 3.8) is 0 Å². The van der Waals surface area contributed by atoms with E-state index in [-0.39, 0.29) is 6.54 Å². The molecule has 7 heteroatoms. The Balaban J connectivity index is 2.44. The lowest BCUT2D eigenvalue weighted by molar-refractivity contribution is -0.112. The normalized spacial score (nSPS) is 23.1. The average molecular weight is 288 g/mol. The summed E-state index contributed by atoms with van der Waals surface area (Å²) in [6.07, 6.45) is -0.0813. The zero-order chi connectivity index (χ0) is 14.6. The van der Waals surface area contributed by atoms with Crippen molar-refractivity contribution in [1.29, 1.82) is 0 Å². The second-order valence-electron chi connectivity index (χ2n) is 5.43. The van der Waals surface area contributed by atoms with Gasteiger partial charge in [0.05, 0.1) is 17.6 Å². The molecular weight excluding hydrogens is 268 g/mol. The van der Waals surface area contributed by atoms with E-state index in [2.05, 4.69) is 5.32 Å². The number of carbonyl (C=O) groups is 2. The van der Waals surface area contributed by atoms with Crippen molar-refractivity contribution in [3.05, 3.63) is 0 Å². The van der Waals surface area contributed by atoms with Gasteiger partial charge in [0.15, 0.2) is 0 Å². The second kappa shape index (κ2) is 6.29. The highest BCUT2D eigenvalue weighted by atomic mass is 32.1. The molecule has 0 aromatic rings. The van der Waals surface area contributed by atoms with Gasteiger partial charge < -0.3 is 24.9 Å². The van der Waals surface area contributed by atoms with Gasteiger partial charge in [-0.15, -0.1) is 0 Å². The van der Waals surface area contributed by atoms with E-state index >= 15 is 0 Å². The summed E-state index contributed by atoms with van der Waals surface area (Å²) in [5.74, 6) is 0. The molecule has 108 valence electrons. The SMILES string of the molecule is CC(C)(C)OC(=O)NCC(=S)N1CC[C@@H](O)[C@H]1C=O. The third kappa shape index (κ3) is 4.76. The molecule has 0 aromatic heterocycles. The number of aldehydes is 1. The molecule has 1 saturated heterocycles. The Morgan fingerprint density at radius 1 is 1.58 bits per heavy atom. The maximum Gasteiger partial charge on any atom is 0.408 e. The van der Waals surface area contributed by atoms with Gasteiger partial charge in [-0.05, 0) is 27.2 Å². The number of aliphatic hydroxyl groups is 1. The summed E-state index contributed by atoms with van der Waals surface area (Å²) in [5, 5.41) is 12.1. The van der Waals surface area contributed by atoms with Crippen molar-refractivity contribution in [2.45, 2.75) is 44.9 Å². The number of nitrogens with zero attached hydrogens (tertiary/aromatic N) is 1. The number of thiocarbonyl (C=S) groups is 1. The summed E-state index contributed by atoms with van der Waals surface area (Å²) in [4.78, 5) is 24.4. The Morgan fingerprint density at radius 2 is 2.21 bits per heavy atom. The van der Waals surface area contributed by atoms with E-state index in [0.717, 1.165) is 0 Å². The number of rotatable bonds is 3. The monoisotopic (exact) mass is 288 g/mol. The van der Waals surface area contributed by atoms with Crippen LogP contribution in [0.3, 0.4) is 0 Å². The van der Waals surface area contributed by atoms with Gasteiger partial charge in [0, 0.05) is 6.54 Å². The molecular formula is C12H20N2O4S. The van der Waals surface area contributed by atoms with Crippen LogP contribution in [0.25, 0.3) is 0 Å². The van der Waals surface area contributed by atoms with Crippen molar-refractivity contribution in [2.24, 2.45) is 0 Å². The predicted octanol–water partition coefficient (Wildman–Crippen LogP) is 0.473. The number of likely N-dealkylation sites (tertiary alicyclic amines) is 1. The van der Waals surface area contributed by atoms with Crippen molar-refractivity contribution in [1.82, 2.24) is 10.2 Å². The zero-order valence-electron chi connectivity index (χ0n) is 11.4. The van der Waals surface area contributed by atoms with Crippen LogP contribution in [0.2, 0.25) is 0 Å². The molecule has 0 radical (unpaired) electrons. The van der Waals surface area contributed by atoms with Crippen molar-refractivity contribution in [3.8, 4) is 0 Å². The third-order valence-electron chi connectivity index (χ3n) is 2.66. The highest BCUT2D eigenvalue weighted by molar-refractivity contribution is 7.80. The summed E-state index contributed by atoms with van der Waals surface area (Å²) < 4.78 is 5.08. The summed E-state index contributed by atoms with van der Waals surface area (Å²) in [5.41, 5.74) is -0.569. The molecule has 1 heterocycles. The number of ether oxygens (including phenoxy) is 1. The molecule has 1 amide bonds. The number of aliphatic hydroxyl groups excluding tert-OH is 1. The van der Waals surface area contributed by atoms with Crippen LogP contribution in [-0.2, 0) is 9.53 Å². The Kier molecular flexibility index (Phi) is 5.25. The second-order valence-corrected chi connectivity index (χ2v) is 5.90. The topological polar surface area (TPSA) is 78.9 Å². The molecule has 0 spiro atoms. The first-order valence-electron chi connectivity index (χ1n) is 6.14. The third-order valence-corrected chi connectivity index (χ3v) is 3.04. The van der Waals surface area contributed by atoms with Gasteiger partial charge in [0.1, 0.15) is 17.9 Å². The van der Waals surface area contributed by atoms with E-state index in [9.17, 15) is 14.7 Å². The van der Waals surface area contributed by atoms with Crippen molar-refractivity contribution >= 4 is 29.6 Å². The van der Waals surface area contributed by atoms with Crippen LogP contribution < -0.4 is 5.32 Å². The van der Waals surface area contributed by atoms with Gasteiger partial charge in [-0.2, -0.15) is 0 Å². The molecule has 0 saturated carbocycles. The number of amides is 1. The number of alkyl carbamates (subject to hydrolysis) is 1. The van der Waals surface area contributed by atoms with Crippen LogP contribution in [0.4, 0.5) is 4.79 Å². The van der Waals surface area contributed by atoms with E-state index in [0.29, 0.717) is 24.2 Å². The summed E-state index contributed by atoms with van der Waals surface area (Å²) >= 11 is 5.16. The first-order chi connectivity index (χ1) is 8.74. The maximum absolute atomic E-state index is 11.5. The smallest absolute Gasteiger partial charge is 0.408 e. The molecule has 0 bridgehead atoms. The van der Waals surface area contributed by atoms with Crippen LogP contribution in [0.1, 0.15) is 27.2 Å². The van der Waals surface area contributed by atoms with Crippen molar-refractivity contribution < 1.29 is 19.4 Å². The molecule has 1 rings (SSSR count). The van der Waals surface area contributed by atoms with Crippen LogP contribution in [-0.4, -0.2) is 58.2 Å². The van der Waals surface area contributed by atoms with Crippen molar-refractivity contribution in [2.75, 3.05) is 13.1 Å². The molecule has 1 aliphatic rings. The predicted molar refractivity (Wildman–Crippen MR) is 74.0 cm³/mol.